The van der Waals surface area contributed by atoms with E-state index in [0.717, 1.165) is 0 Å². The van der Waals surface area contributed by atoms with E-state index in [0.29, 0.717) is 25.7 Å². The minimum atomic E-state index is -1.17. The van der Waals surface area contributed by atoms with Crippen molar-refractivity contribution in [1.29, 1.82) is 10.5 Å². The zero-order chi connectivity index (χ0) is 18.6. The zero-order valence-electron chi connectivity index (χ0n) is 14.3. The summed E-state index contributed by atoms with van der Waals surface area (Å²) < 4.78 is 27.3. The Morgan fingerprint density at radius 1 is 0.846 bits per heavy atom. The molecule has 132 valence electrons. The molecule has 4 aliphatic carbocycles. The number of ketones is 1. The standard InChI is InChI=1S/C21H18F2N2O/c22-15-1-5-20(6-2-15,18(13-24)9-10-18)17(26)21(19(14-25)11-12-19)7-3-16(23)4-8-21/h1-5,7H,6,8-12H2. The number of rotatable bonds is 4. The number of carbonyl (C=O) groups excluding carboxylic acids is 1. The highest BCUT2D eigenvalue weighted by Gasteiger charge is 2.71. The summed E-state index contributed by atoms with van der Waals surface area (Å²) in [4.78, 5) is 14.0. The van der Waals surface area contributed by atoms with Crippen molar-refractivity contribution in [3.63, 3.8) is 0 Å². The summed E-state index contributed by atoms with van der Waals surface area (Å²) in [5.74, 6) is -1.10. The van der Waals surface area contributed by atoms with E-state index in [1.54, 1.807) is 0 Å². The van der Waals surface area contributed by atoms with Crippen molar-refractivity contribution in [2.45, 2.75) is 38.5 Å². The first-order chi connectivity index (χ1) is 12.4. The van der Waals surface area contributed by atoms with E-state index < -0.39 is 33.3 Å². The maximum Gasteiger partial charge on any atom is 0.156 e. The molecule has 2 atom stereocenters. The topological polar surface area (TPSA) is 64.7 Å². The summed E-state index contributed by atoms with van der Waals surface area (Å²) in [6.45, 7) is 0. The van der Waals surface area contributed by atoms with Crippen LogP contribution >= 0.6 is 0 Å². The van der Waals surface area contributed by atoms with Crippen LogP contribution < -0.4 is 0 Å². The largest absolute Gasteiger partial charge is 0.298 e. The molecule has 2 fully saturated rings. The fraction of sp³-hybridized carbons (Fsp3) is 0.476. The Balaban J connectivity index is 1.86. The van der Waals surface area contributed by atoms with Gasteiger partial charge < -0.3 is 0 Å². The maximum absolute atomic E-state index is 14.0. The molecule has 2 unspecified atom stereocenters. The summed E-state index contributed by atoms with van der Waals surface area (Å²) in [7, 11) is 0. The molecule has 0 amide bonds. The second kappa shape index (κ2) is 5.24. The molecule has 0 bridgehead atoms. The van der Waals surface area contributed by atoms with Gasteiger partial charge in [-0.05, 0) is 62.8 Å². The van der Waals surface area contributed by atoms with E-state index in [1.165, 1.54) is 36.5 Å². The first kappa shape index (κ1) is 16.9. The predicted octanol–water partition coefficient (Wildman–Crippen LogP) is 4.76. The van der Waals surface area contributed by atoms with Gasteiger partial charge in [0.1, 0.15) is 11.7 Å². The van der Waals surface area contributed by atoms with E-state index in [9.17, 15) is 24.1 Å². The van der Waals surface area contributed by atoms with Crippen LogP contribution in [0.2, 0.25) is 0 Å². The van der Waals surface area contributed by atoms with Crippen LogP contribution in [-0.2, 0) is 4.79 Å². The molecule has 4 aliphatic rings. The monoisotopic (exact) mass is 352 g/mol. The van der Waals surface area contributed by atoms with Crippen LogP contribution in [0.15, 0.2) is 48.1 Å². The maximum atomic E-state index is 14.0. The highest BCUT2D eigenvalue weighted by molar-refractivity contribution is 5.97. The summed E-state index contributed by atoms with van der Waals surface area (Å²) in [5, 5.41) is 19.6. The molecular formula is C21H18F2N2O. The quantitative estimate of drug-likeness (QED) is 0.732. The number of carbonyl (C=O) groups is 1. The van der Waals surface area contributed by atoms with Crippen LogP contribution in [-0.4, -0.2) is 5.78 Å². The summed E-state index contributed by atoms with van der Waals surface area (Å²) in [5.41, 5.74) is -4.08. The third-order valence-electron chi connectivity index (χ3n) is 6.74. The lowest BCUT2D eigenvalue weighted by Crippen LogP contribution is -2.51. The Morgan fingerprint density at radius 2 is 1.23 bits per heavy atom. The Kier molecular flexibility index (Phi) is 3.41. The summed E-state index contributed by atoms with van der Waals surface area (Å²) in [6.07, 6.45) is 10.7. The normalized spacial score (nSPS) is 35.5. The molecule has 0 spiro atoms. The number of hydrogen-bond acceptors (Lipinski definition) is 3. The number of allylic oxidation sites excluding steroid dienone is 8. The fourth-order valence-corrected chi connectivity index (χ4v) is 4.68. The first-order valence-electron chi connectivity index (χ1n) is 8.87. The lowest BCUT2D eigenvalue weighted by molar-refractivity contribution is -0.139. The molecule has 0 aromatic rings. The van der Waals surface area contributed by atoms with Gasteiger partial charge in [0.15, 0.2) is 5.78 Å². The average molecular weight is 352 g/mol. The molecular weight excluding hydrogens is 334 g/mol. The second-order valence-corrected chi connectivity index (χ2v) is 7.91. The molecule has 0 aliphatic heterocycles. The van der Waals surface area contributed by atoms with Crippen LogP contribution in [0, 0.1) is 44.3 Å². The number of nitrogens with zero attached hydrogens (tertiary/aromatic N) is 2. The van der Waals surface area contributed by atoms with Crippen molar-refractivity contribution >= 4 is 5.78 Å². The van der Waals surface area contributed by atoms with E-state index in [-0.39, 0.29) is 18.6 Å². The van der Waals surface area contributed by atoms with Gasteiger partial charge in [-0.2, -0.15) is 10.5 Å². The highest BCUT2D eigenvalue weighted by Crippen LogP contribution is 2.69. The Hall–Kier alpha value is -2.53. The lowest BCUT2D eigenvalue weighted by Gasteiger charge is -2.45. The van der Waals surface area contributed by atoms with Crippen molar-refractivity contribution in [2.24, 2.45) is 21.7 Å². The fourth-order valence-electron chi connectivity index (χ4n) is 4.68. The van der Waals surface area contributed by atoms with Crippen molar-refractivity contribution in [3.8, 4) is 12.1 Å². The molecule has 0 heterocycles. The van der Waals surface area contributed by atoms with E-state index in [1.807, 2.05) is 0 Å². The minimum Gasteiger partial charge on any atom is -0.298 e. The minimum absolute atomic E-state index is 0.102. The van der Waals surface area contributed by atoms with Gasteiger partial charge in [-0.25, -0.2) is 8.78 Å². The van der Waals surface area contributed by atoms with Gasteiger partial charge in [0, 0.05) is 0 Å². The lowest BCUT2D eigenvalue weighted by atomic mass is 9.54. The molecule has 4 rings (SSSR count). The Bertz CT molecular complexity index is 818. The molecule has 26 heavy (non-hydrogen) atoms. The van der Waals surface area contributed by atoms with Gasteiger partial charge in [-0.3, -0.25) is 4.79 Å². The van der Waals surface area contributed by atoms with Crippen molar-refractivity contribution in [3.05, 3.63) is 48.1 Å². The van der Waals surface area contributed by atoms with Crippen LogP contribution in [0.3, 0.4) is 0 Å². The van der Waals surface area contributed by atoms with E-state index >= 15 is 0 Å². The Morgan fingerprint density at radius 3 is 1.46 bits per heavy atom. The third kappa shape index (κ3) is 1.98. The number of halogens is 2. The smallest absolute Gasteiger partial charge is 0.156 e. The van der Waals surface area contributed by atoms with Crippen LogP contribution in [0.1, 0.15) is 38.5 Å². The van der Waals surface area contributed by atoms with Crippen LogP contribution in [0.5, 0.6) is 0 Å². The SMILES string of the molecule is N#CC1(C2(C(=O)C3(C4(C#N)CC4)C=CC(F)=CC3)C=CC(F)=CC2)CC1. The van der Waals surface area contributed by atoms with E-state index in [4.69, 9.17) is 0 Å². The molecule has 0 aromatic carbocycles. The van der Waals surface area contributed by atoms with Crippen molar-refractivity contribution in [1.82, 2.24) is 0 Å². The molecule has 3 nitrogen and oxygen atoms in total. The summed E-state index contributed by atoms with van der Waals surface area (Å²) in [6, 6.07) is 4.59. The molecule has 2 saturated carbocycles. The number of nitriles is 2. The van der Waals surface area contributed by atoms with Gasteiger partial charge >= 0.3 is 0 Å². The molecule has 0 radical (unpaired) electrons. The van der Waals surface area contributed by atoms with Crippen molar-refractivity contribution in [2.75, 3.05) is 0 Å². The van der Waals surface area contributed by atoms with Crippen LogP contribution in [0.4, 0.5) is 8.78 Å². The highest BCUT2D eigenvalue weighted by atomic mass is 19.1. The van der Waals surface area contributed by atoms with Crippen LogP contribution in [0.25, 0.3) is 0 Å². The average Bonchev–Trinajstić information content (AvgIpc) is 3.57. The molecule has 0 saturated heterocycles. The number of Topliss-reactive ketones (excluding diaryl/α,β-unsaturated/α-hetero) is 1. The summed E-state index contributed by atoms with van der Waals surface area (Å²) >= 11 is 0. The zero-order valence-corrected chi connectivity index (χ0v) is 14.3. The second-order valence-electron chi connectivity index (χ2n) is 7.91. The molecule has 0 aromatic heterocycles. The van der Waals surface area contributed by atoms with Gasteiger partial charge in [0.25, 0.3) is 0 Å². The predicted molar refractivity (Wildman–Crippen MR) is 90.3 cm³/mol. The van der Waals surface area contributed by atoms with Gasteiger partial charge in [0.05, 0.1) is 33.8 Å². The van der Waals surface area contributed by atoms with E-state index in [2.05, 4.69) is 12.1 Å². The van der Waals surface area contributed by atoms with Crippen molar-refractivity contribution < 1.29 is 13.6 Å². The Labute approximate surface area is 151 Å². The first-order valence-corrected chi connectivity index (χ1v) is 8.87. The molecule has 5 heteroatoms. The number of hydrogen-bond donors (Lipinski definition) is 0. The third-order valence-corrected chi connectivity index (χ3v) is 6.74. The molecule has 0 N–H and O–H groups in total. The van der Waals surface area contributed by atoms with Gasteiger partial charge in [-0.1, -0.05) is 12.2 Å². The van der Waals surface area contributed by atoms with Gasteiger partial charge in [0.2, 0.25) is 0 Å². The van der Waals surface area contributed by atoms with Gasteiger partial charge in [-0.15, -0.1) is 0 Å².